The molecule has 0 aromatic carbocycles. The summed E-state index contributed by atoms with van der Waals surface area (Å²) in [6.07, 6.45) is 0.423. The number of carboxylic acids is 2. The number of aliphatic hydroxyl groups excluding tert-OH is 3. The van der Waals surface area contributed by atoms with Crippen LogP contribution in [0.15, 0.2) is 0 Å². The van der Waals surface area contributed by atoms with Crippen molar-refractivity contribution in [3.8, 4) is 0 Å². The van der Waals surface area contributed by atoms with Crippen molar-refractivity contribution < 1.29 is 44.6 Å². The van der Waals surface area contributed by atoms with E-state index in [4.69, 9.17) is 30.5 Å². The van der Waals surface area contributed by atoms with Crippen LogP contribution in [0.4, 0.5) is 0 Å². The van der Waals surface area contributed by atoms with Crippen molar-refractivity contribution in [2.45, 2.75) is 50.0 Å². The Kier molecular flexibility index (Phi) is 19.6. The highest BCUT2D eigenvalue weighted by molar-refractivity contribution is 8.76. The average molecular weight is 489 g/mol. The smallest absolute Gasteiger partial charge is 0.320 e. The molecule has 4 atom stereocenters. The summed E-state index contributed by atoms with van der Waals surface area (Å²) < 4.78 is 10.5. The molecule has 0 bridgehead atoms. The third-order valence-corrected chi connectivity index (χ3v) is 6.43. The number of nitrogens with one attached hydrogen (secondary N) is 1. The molecule has 0 aliphatic rings. The SMILES string of the molecule is NC(CCSSCCC(NCC(O)COCCCCOCC(O)CO)C(=O)O)C(=O)O. The lowest BCUT2D eigenvalue weighted by molar-refractivity contribution is -0.140. The molecule has 31 heavy (non-hydrogen) atoms. The lowest BCUT2D eigenvalue weighted by Gasteiger charge is -2.17. The lowest BCUT2D eigenvalue weighted by atomic mass is 10.2. The molecule has 0 aliphatic heterocycles. The second kappa shape index (κ2) is 20.0. The summed E-state index contributed by atoms with van der Waals surface area (Å²) in [5.41, 5.74) is 5.41. The fraction of sp³-hybridized carbons (Fsp3) is 0.889. The van der Waals surface area contributed by atoms with Crippen molar-refractivity contribution in [1.29, 1.82) is 0 Å². The molecule has 0 saturated heterocycles. The standard InChI is InChI=1S/C18H36N2O9S2/c19-15(17(24)25)3-7-30-31-8-4-16(18(26)27)20-9-13(22)11-28-5-1-2-6-29-12-14(23)10-21/h13-16,20-23H,1-12,19H2,(H,24,25)(H,26,27). The number of ether oxygens (including phenoxy) is 2. The van der Waals surface area contributed by atoms with Crippen LogP contribution < -0.4 is 11.1 Å². The number of rotatable bonds is 22. The Balaban J connectivity index is 3.73. The highest BCUT2D eigenvalue weighted by Gasteiger charge is 2.18. The predicted octanol–water partition coefficient (Wildman–Crippen LogP) is -0.870. The van der Waals surface area contributed by atoms with Gasteiger partial charge in [0.15, 0.2) is 0 Å². The Morgan fingerprint density at radius 1 is 0.903 bits per heavy atom. The zero-order valence-electron chi connectivity index (χ0n) is 17.6. The number of aliphatic hydroxyl groups is 3. The van der Waals surface area contributed by atoms with E-state index in [1.807, 2.05) is 0 Å². The Labute approximate surface area is 190 Å². The maximum atomic E-state index is 11.3. The molecular weight excluding hydrogens is 452 g/mol. The summed E-state index contributed by atoms with van der Waals surface area (Å²) in [6, 6.07) is -1.68. The van der Waals surface area contributed by atoms with Crippen LogP contribution in [-0.2, 0) is 19.1 Å². The van der Waals surface area contributed by atoms with E-state index >= 15 is 0 Å². The van der Waals surface area contributed by atoms with Gasteiger partial charge in [0.2, 0.25) is 0 Å². The van der Waals surface area contributed by atoms with E-state index in [0.717, 1.165) is 0 Å². The Morgan fingerprint density at radius 2 is 1.45 bits per heavy atom. The van der Waals surface area contributed by atoms with Gasteiger partial charge in [0.05, 0.1) is 25.9 Å². The summed E-state index contributed by atoms with van der Waals surface area (Å²) in [5.74, 6) is -0.915. The van der Waals surface area contributed by atoms with Crippen LogP contribution in [0.1, 0.15) is 25.7 Å². The average Bonchev–Trinajstić information content (AvgIpc) is 2.73. The van der Waals surface area contributed by atoms with Gasteiger partial charge in [-0.05, 0) is 25.7 Å². The van der Waals surface area contributed by atoms with E-state index in [1.54, 1.807) is 0 Å². The third-order valence-electron chi connectivity index (χ3n) is 3.96. The van der Waals surface area contributed by atoms with Crippen molar-refractivity contribution in [2.24, 2.45) is 5.73 Å². The molecule has 0 heterocycles. The first-order valence-electron chi connectivity index (χ1n) is 10.1. The molecule has 0 fully saturated rings. The topological polar surface area (TPSA) is 192 Å². The Morgan fingerprint density at radius 3 is 1.97 bits per heavy atom. The monoisotopic (exact) mass is 488 g/mol. The molecule has 0 aliphatic carbocycles. The first-order chi connectivity index (χ1) is 14.8. The summed E-state index contributed by atoms with van der Waals surface area (Å²) in [6.45, 7) is 0.780. The van der Waals surface area contributed by atoms with Crippen LogP contribution in [0.3, 0.4) is 0 Å². The molecule has 0 aromatic heterocycles. The molecule has 0 aromatic rings. The largest absolute Gasteiger partial charge is 0.480 e. The van der Waals surface area contributed by atoms with Crippen LogP contribution in [0, 0.1) is 0 Å². The highest BCUT2D eigenvalue weighted by atomic mass is 33.1. The van der Waals surface area contributed by atoms with Gasteiger partial charge in [0.1, 0.15) is 18.2 Å². The van der Waals surface area contributed by atoms with Crippen LogP contribution in [0.25, 0.3) is 0 Å². The molecule has 4 unspecified atom stereocenters. The van der Waals surface area contributed by atoms with Crippen molar-refractivity contribution in [1.82, 2.24) is 5.32 Å². The predicted molar refractivity (Wildman–Crippen MR) is 119 cm³/mol. The second-order valence-electron chi connectivity index (χ2n) is 6.81. The zero-order valence-corrected chi connectivity index (χ0v) is 19.2. The van der Waals surface area contributed by atoms with E-state index in [9.17, 15) is 19.8 Å². The van der Waals surface area contributed by atoms with E-state index in [1.165, 1.54) is 21.6 Å². The summed E-state index contributed by atoms with van der Waals surface area (Å²) in [5, 5.41) is 48.5. The maximum Gasteiger partial charge on any atom is 0.320 e. The van der Waals surface area contributed by atoms with Gasteiger partial charge in [0.25, 0.3) is 0 Å². The first-order valence-corrected chi connectivity index (χ1v) is 12.6. The molecule has 8 N–H and O–H groups in total. The van der Waals surface area contributed by atoms with Gasteiger partial charge in [-0.2, -0.15) is 0 Å². The molecule has 0 spiro atoms. The van der Waals surface area contributed by atoms with Gasteiger partial charge in [0, 0.05) is 31.3 Å². The number of hydrogen-bond donors (Lipinski definition) is 7. The molecular formula is C18H36N2O9S2. The van der Waals surface area contributed by atoms with Crippen LogP contribution in [-0.4, -0.2) is 113 Å². The van der Waals surface area contributed by atoms with Crippen LogP contribution in [0.2, 0.25) is 0 Å². The van der Waals surface area contributed by atoms with E-state index in [-0.39, 0.29) is 26.4 Å². The normalized spacial score (nSPS) is 15.4. The summed E-state index contributed by atoms with van der Waals surface area (Å²) in [4.78, 5) is 21.9. The number of aliphatic carboxylic acids is 2. The molecule has 0 saturated carbocycles. The summed E-state index contributed by atoms with van der Waals surface area (Å²) in [7, 11) is 2.91. The number of hydrogen-bond acceptors (Lipinski definition) is 11. The van der Waals surface area contributed by atoms with E-state index in [2.05, 4.69) is 5.32 Å². The van der Waals surface area contributed by atoms with Gasteiger partial charge < -0.3 is 46.1 Å². The van der Waals surface area contributed by atoms with Crippen molar-refractivity contribution in [3.63, 3.8) is 0 Å². The molecule has 0 radical (unpaired) electrons. The van der Waals surface area contributed by atoms with Gasteiger partial charge in [-0.1, -0.05) is 21.6 Å². The molecule has 0 amide bonds. The highest BCUT2D eigenvalue weighted by Crippen LogP contribution is 2.23. The van der Waals surface area contributed by atoms with Crippen LogP contribution >= 0.6 is 21.6 Å². The minimum atomic E-state index is -1.03. The summed E-state index contributed by atoms with van der Waals surface area (Å²) >= 11 is 0. The second-order valence-corrected chi connectivity index (χ2v) is 9.51. The number of carboxylic acid groups (broad SMARTS) is 2. The fourth-order valence-electron chi connectivity index (χ4n) is 2.13. The molecule has 184 valence electrons. The van der Waals surface area contributed by atoms with Gasteiger partial charge in [-0.15, -0.1) is 0 Å². The minimum Gasteiger partial charge on any atom is -0.480 e. The van der Waals surface area contributed by atoms with E-state index < -0.39 is 36.2 Å². The quantitative estimate of drug-likeness (QED) is 0.0735. The van der Waals surface area contributed by atoms with E-state index in [0.29, 0.717) is 50.4 Å². The van der Waals surface area contributed by atoms with Crippen molar-refractivity contribution >= 4 is 33.5 Å². The molecule has 11 nitrogen and oxygen atoms in total. The van der Waals surface area contributed by atoms with Crippen molar-refractivity contribution in [2.75, 3.05) is 51.1 Å². The number of unbranched alkanes of at least 4 members (excludes halogenated alkanes) is 1. The number of carbonyl (C=O) groups is 2. The Bertz CT molecular complexity index is 477. The molecule has 0 rings (SSSR count). The third kappa shape index (κ3) is 18.6. The van der Waals surface area contributed by atoms with Gasteiger partial charge >= 0.3 is 11.9 Å². The number of nitrogens with two attached hydrogens (primary N) is 1. The lowest BCUT2D eigenvalue weighted by Crippen LogP contribution is -2.42. The van der Waals surface area contributed by atoms with Crippen LogP contribution in [0.5, 0.6) is 0 Å². The minimum absolute atomic E-state index is 0.0812. The zero-order chi connectivity index (χ0) is 23.5. The van der Waals surface area contributed by atoms with Gasteiger partial charge in [-0.25, -0.2) is 0 Å². The Hall–Kier alpha value is -0.640. The first kappa shape index (κ1) is 30.4. The molecule has 13 heteroatoms. The fourth-order valence-corrected chi connectivity index (χ4v) is 4.33. The van der Waals surface area contributed by atoms with Crippen molar-refractivity contribution in [3.05, 3.63) is 0 Å². The van der Waals surface area contributed by atoms with Gasteiger partial charge in [-0.3, -0.25) is 9.59 Å². The maximum absolute atomic E-state index is 11.3.